The first kappa shape index (κ1) is 11.7. The molecule has 1 heterocycles. The highest BCUT2D eigenvalue weighted by atomic mass is 19.1. The highest BCUT2D eigenvalue weighted by Gasteiger charge is 2.11. The third-order valence-electron chi connectivity index (χ3n) is 2.60. The number of halogens is 2. The van der Waals surface area contributed by atoms with E-state index in [0.717, 1.165) is 6.07 Å². The topological polar surface area (TPSA) is 56.7 Å². The molecule has 0 aliphatic rings. The molecule has 1 aromatic carbocycles. The molecule has 0 saturated heterocycles. The van der Waals surface area contributed by atoms with Crippen molar-refractivity contribution in [3.8, 4) is 0 Å². The molecule has 2 rings (SSSR count). The number of aromatic nitrogens is 3. The molecular formula is C11H12F2N4. The van der Waals surface area contributed by atoms with Gasteiger partial charge in [0.05, 0.1) is 6.54 Å². The van der Waals surface area contributed by atoms with Gasteiger partial charge in [-0.25, -0.2) is 8.78 Å². The number of nitrogens with two attached hydrogens (primary N) is 1. The van der Waals surface area contributed by atoms with Crippen LogP contribution in [0.4, 0.5) is 8.78 Å². The minimum atomic E-state index is -0.591. The van der Waals surface area contributed by atoms with Crippen LogP contribution in [0.1, 0.15) is 17.2 Å². The SMILES string of the molecule is Cn1c(CN)nnc1Cc1ccc(F)cc1F. The van der Waals surface area contributed by atoms with Crippen LogP contribution in [0.15, 0.2) is 18.2 Å². The molecule has 0 fully saturated rings. The molecule has 0 radical (unpaired) electrons. The summed E-state index contributed by atoms with van der Waals surface area (Å²) in [6.45, 7) is 0.273. The molecule has 6 heteroatoms. The second kappa shape index (κ2) is 4.58. The first-order valence-electron chi connectivity index (χ1n) is 5.13. The minimum absolute atomic E-state index is 0.260. The lowest BCUT2D eigenvalue weighted by molar-refractivity contribution is 0.572. The largest absolute Gasteiger partial charge is 0.324 e. The Hall–Kier alpha value is -1.82. The highest BCUT2D eigenvalue weighted by molar-refractivity contribution is 5.22. The predicted octanol–water partition coefficient (Wildman–Crippen LogP) is 1.14. The summed E-state index contributed by atoms with van der Waals surface area (Å²) in [7, 11) is 1.76. The summed E-state index contributed by atoms with van der Waals surface area (Å²) in [5.41, 5.74) is 5.84. The van der Waals surface area contributed by atoms with Crippen molar-refractivity contribution in [3.63, 3.8) is 0 Å². The van der Waals surface area contributed by atoms with Crippen molar-refractivity contribution in [3.05, 3.63) is 47.0 Å². The van der Waals surface area contributed by atoms with E-state index in [-0.39, 0.29) is 13.0 Å². The zero-order valence-electron chi connectivity index (χ0n) is 9.32. The van der Waals surface area contributed by atoms with Gasteiger partial charge in [-0.05, 0) is 11.6 Å². The molecule has 0 atom stereocenters. The van der Waals surface area contributed by atoms with Crippen molar-refractivity contribution in [1.29, 1.82) is 0 Å². The average molecular weight is 238 g/mol. The van der Waals surface area contributed by atoms with Crippen molar-refractivity contribution in [1.82, 2.24) is 14.8 Å². The molecule has 0 spiro atoms. The lowest BCUT2D eigenvalue weighted by atomic mass is 10.1. The molecule has 0 saturated carbocycles. The van der Waals surface area contributed by atoms with E-state index in [2.05, 4.69) is 10.2 Å². The predicted molar refractivity (Wildman–Crippen MR) is 58.1 cm³/mol. The Kier molecular flexibility index (Phi) is 3.14. The Balaban J connectivity index is 2.28. The van der Waals surface area contributed by atoms with Crippen LogP contribution in [-0.4, -0.2) is 14.8 Å². The maximum atomic E-state index is 13.4. The summed E-state index contributed by atoms with van der Waals surface area (Å²) in [5, 5.41) is 7.79. The first-order chi connectivity index (χ1) is 8.11. The van der Waals surface area contributed by atoms with E-state index in [1.54, 1.807) is 11.6 Å². The standard InChI is InChI=1S/C11H12F2N4/c1-17-10(15-16-11(17)6-14)4-7-2-3-8(12)5-9(7)13/h2-3,5H,4,6,14H2,1H3. The molecule has 4 nitrogen and oxygen atoms in total. The maximum Gasteiger partial charge on any atom is 0.146 e. The molecular weight excluding hydrogens is 226 g/mol. The lowest BCUT2D eigenvalue weighted by Gasteiger charge is -2.04. The van der Waals surface area contributed by atoms with E-state index in [0.29, 0.717) is 17.2 Å². The van der Waals surface area contributed by atoms with Gasteiger partial charge in [0.2, 0.25) is 0 Å². The molecule has 2 aromatic rings. The van der Waals surface area contributed by atoms with Gasteiger partial charge >= 0.3 is 0 Å². The fourth-order valence-electron chi connectivity index (χ4n) is 1.57. The quantitative estimate of drug-likeness (QED) is 0.872. The van der Waals surface area contributed by atoms with E-state index >= 15 is 0 Å². The van der Waals surface area contributed by atoms with E-state index in [1.165, 1.54) is 12.1 Å². The van der Waals surface area contributed by atoms with Crippen molar-refractivity contribution in [2.45, 2.75) is 13.0 Å². The van der Waals surface area contributed by atoms with Crippen LogP contribution >= 0.6 is 0 Å². The zero-order valence-corrected chi connectivity index (χ0v) is 9.32. The molecule has 0 aliphatic carbocycles. The van der Waals surface area contributed by atoms with E-state index in [1.807, 2.05) is 0 Å². The van der Waals surface area contributed by atoms with Gasteiger partial charge in [0.1, 0.15) is 23.3 Å². The molecule has 0 amide bonds. The summed E-state index contributed by atoms with van der Waals surface area (Å²) in [5.74, 6) is 0.0487. The van der Waals surface area contributed by atoms with E-state index < -0.39 is 11.6 Å². The lowest BCUT2D eigenvalue weighted by Crippen LogP contribution is -2.07. The Bertz CT molecular complexity index is 536. The zero-order chi connectivity index (χ0) is 12.4. The normalized spacial score (nSPS) is 10.8. The highest BCUT2D eigenvalue weighted by Crippen LogP contribution is 2.13. The summed E-state index contributed by atoms with van der Waals surface area (Å²) in [4.78, 5) is 0. The third kappa shape index (κ3) is 2.31. The smallest absolute Gasteiger partial charge is 0.146 e. The molecule has 0 unspecified atom stereocenters. The van der Waals surface area contributed by atoms with E-state index in [4.69, 9.17) is 5.73 Å². The first-order valence-corrected chi connectivity index (χ1v) is 5.13. The maximum absolute atomic E-state index is 13.4. The minimum Gasteiger partial charge on any atom is -0.324 e. The number of rotatable bonds is 3. The van der Waals surface area contributed by atoms with Crippen LogP contribution in [0.25, 0.3) is 0 Å². The Morgan fingerprint density at radius 3 is 2.53 bits per heavy atom. The fourth-order valence-corrected chi connectivity index (χ4v) is 1.57. The molecule has 0 aliphatic heterocycles. The van der Waals surface area contributed by atoms with Crippen molar-refractivity contribution in [2.75, 3.05) is 0 Å². The van der Waals surface area contributed by atoms with Crippen molar-refractivity contribution >= 4 is 0 Å². The number of hydrogen-bond donors (Lipinski definition) is 1. The van der Waals surface area contributed by atoms with Crippen LogP contribution in [0.2, 0.25) is 0 Å². The second-order valence-corrected chi connectivity index (χ2v) is 3.71. The third-order valence-corrected chi connectivity index (χ3v) is 2.60. The summed E-state index contributed by atoms with van der Waals surface area (Å²) in [6, 6.07) is 3.48. The van der Waals surface area contributed by atoms with Gasteiger partial charge < -0.3 is 10.3 Å². The Morgan fingerprint density at radius 2 is 1.94 bits per heavy atom. The molecule has 2 N–H and O–H groups in total. The van der Waals surface area contributed by atoms with Gasteiger partial charge in [-0.1, -0.05) is 6.07 Å². The number of hydrogen-bond acceptors (Lipinski definition) is 3. The van der Waals surface area contributed by atoms with Crippen LogP contribution in [-0.2, 0) is 20.0 Å². The Labute approximate surface area is 97.1 Å². The van der Waals surface area contributed by atoms with Gasteiger partial charge in [-0.3, -0.25) is 0 Å². The number of benzene rings is 1. The van der Waals surface area contributed by atoms with Gasteiger partial charge in [0.25, 0.3) is 0 Å². The monoisotopic (exact) mass is 238 g/mol. The van der Waals surface area contributed by atoms with Gasteiger partial charge in [-0.15, -0.1) is 10.2 Å². The number of nitrogens with zero attached hydrogens (tertiary/aromatic N) is 3. The summed E-state index contributed by atoms with van der Waals surface area (Å²) >= 11 is 0. The Morgan fingerprint density at radius 1 is 1.24 bits per heavy atom. The van der Waals surface area contributed by atoms with Gasteiger partial charge in [0.15, 0.2) is 0 Å². The van der Waals surface area contributed by atoms with Crippen molar-refractivity contribution in [2.24, 2.45) is 12.8 Å². The summed E-state index contributed by atoms with van der Waals surface area (Å²) in [6.07, 6.45) is 0.260. The van der Waals surface area contributed by atoms with Crippen LogP contribution in [0.3, 0.4) is 0 Å². The second-order valence-electron chi connectivity index (χ2n) is 3.71. The fraction of sp³-hybridized carbons (Fsp3) is 0.273. The van der Waals surface area contributed by atoms with Crippen LogP contribution in [0.5, 0.6) is 0 Å². The molecule has 17 heavy (non-hydrogen) atoms. The van der Waals surface area contributed by atoms with Crippen LogP contribution < -0.4 is 5.73 Å². The van der Waals surface area contributed by atoms with E-state index in [9.17, 15) is 8.78 Å². The molecule has 0 bridgehead atoms. The van der Waals surface area contributed by atoms with Gasteiger partial charge in [-0.2, -0.15) is 0 Å². The average Bonchev–Trinajstić information content (AvgIpc) is 2.64. The molecule has 1 aromatic heterocycles. The summed E-state index contributed by atoms with van der Waals surface area (Å²) < 4.78 is 27.9. The van der Waals surface area contributed by atoms with Crippen molar-refractivity contribution < 1.29 is 8.78 Å². The van der Waals surface area contributed by atoms with Crippen LogP contribution in [0, 0.1) is 11.6 Å². The molecule has 90 valence electrons. The van der Waals surface area contributed by atoms with Gasteiger partial charge in [0, 0.05) is 19.5 Å².